The molecule has 0 saturated carbocycles. The van der Waals surface area contributed by atoms with Crippen molar-refractivity contribution in [2.24, 2.45) is 0 Å². The second-order valence-corrected chi connectivity index (χ2v) is 4.39. The van der Waals surface area contributed by atoms with Gasteiger partial charge in [0.2, 0.25) is 0 Å². The lowest BCUT2D eigenvalue weighted by atomic mass is 10.1. The molecule has 6 heteroatoms. The van der Waals surface area contributed by atoms with Crippen molar-refractivity contribution >= 4 is 11.7 Å². The molecule has 21 heavy (non-hydrogen) atoms. The molecule has 0 saturated heterocycles. The molecule has 0 bridgehead atoms. The summed E-state index contributed by atoms with van der Waals surface area (Å²) in [5.41, 5.74) is 0.797. The van der Waals surface area contributed by atoms with E-state index in [0.29, 0.717) is 5.69 Å². The largest absolute Gasteiger partial charge is 0.387 e. The minimum Gasteiger partial charge on any atom is -0.387 e. The minimum absolute atomic E-state index is 0.121. The number of anilines is 1. The van der Waals surface area contributed by atoms with Gasteiger partial charge in [0, 0.05) is 12.2 Å². The Kier molecular flexibility index (Phi) is 4.84. The van der Waals surface area contributed by atoms with Crippen LogP contribution >= 0.6 is 0 Å². The molecule has 0 aliphatic carbocycles. The van der Waals surface area contributed by atoms with Gasteiger partial charge in [-0.15, -0.1) is 0 Å². The number of carbonyl (C=O) groups excluding carboxylic acids is 1. The number of para-hydroxylation sites is 1. The first kappa shape index (κ1) is 14.9. The summed E-state index contributed by atoms with van der Waals surface area (Å²) in [7, 11) is 0. The molecule has 2 rings (SSSR count). The molecule has 0 aliphatic rings. The number of aliphatic hydroxyl groups is 1. The standard InChI is InChI=1S/C15H14F2N2O2/c16-12-7-6-10(8-13(12)17)14(20)9-18-15(21)19-11-4-2-1-3-5-11/h1-8,14,20H,9H2,(H2,18,19,21). The van der Waals surface area contributed by atoms with Gasteiger partial charge in [0.1, 0.15) is 0 Å². The molecule has 0 aliphatic heterocycles. The van der Waals surface area contributed by atoms with Gasteiger partial charge in [0.25, 0.3) is 0 Å². The lowest BCUT2D eigenvalue weighted by Gasteiger charge is -2.13. The van der Waals surface area contributed by atoms with E-state index in [4.69, 9.17) is 0 Å². The number of aliphatic hydroxyl groups excluding tert-OH is 1. The van der Waals surface area contributed by atoms with Crippen LogP contribution in [0, 0.1) is 11.6 Å². The van der Waals surface area contributed by atoms with E-state index < -0.39 is 23.8 Å². The fourth-order valence-electron chi connectivity index (χ4n) is 1.72. The number of nitrogens with one attached hydrogen (secondary N) is 2. The highest BCUT2D eigenvalue weighted by Gasteiger charge is 2.12. The van der Waals surface area contributed by atoms with Crippen LogP contribution in [0.2, 0.25) is 0 Å². The number of hydrogen-bond acceptors (Lipinski definition) is 2. The summed E-state index contributed by atoms with van der Waals surface area (Å²) in [6.45, 7) is -0.121. The molecule has 2 amide bonds. The van der Waals surface area contributed by atoms with Crippen molar-refractivity contribution in [3.63, 3.8) is 0 Å². The van der Waals surface area contributed by atoms with E-state index in [-0.39, 0.29) is 12.1 Å². The molecule has 2 aromatic carbocycles. The average Bonchev–Trinajstić information content (AvgIpc) is 2.48. The molecule has 3 N–H and O–H groups in total. The lowest BCUT2D eigenvalue weighted by molar-refractivity contribution is 0.174. The van der Waals surface area contributed by atoms with Crippen molar-refractivity contribution in [2.45, 2.75) is 6.10 Å². The van der Waals surface area contributed by atoms with Gasteiger partial charge in [-0.25, -0.2) is 13.6 Å². The molecular weight excluding hydrogens is 278 g/mol. The third-order valence-corrected chi connectivity index (χ3v) is 2.82. The first-order chi connectivity index (χ1) is 10.1. The van der Waals surface area contributed by atoms with Gasteiger partial charge in [-0.1, -0.05) is 24.3 Å². The summed E-state index contributed by atoms with van der Waals surface area (Å²) < 4.78 is 25.8. The third kappa shape index (κ3) is 4.25. The van der Waals surface area contributed by atoms with Crippen LogP contribution in [0.25, 0.3) is 0 Å². The Hall–Kier alpha value is -2.47. The van der Waals surface area contributed by atoms with Crippen LogP contribution in [0.1, 0.15) is 11.7 Å². The Labute approximate surface area is 120 Å². The number of halogens is 2. The summed E-state index contributed by atoms with van der Waals surface area (Å²) in [6.07, 6.45) is -1.12. The Balaban J connectivity index is 1.87. The molecule has 110 valence electrons. The molecule has 0 heterocycles. The average molecular weight is 292 g/mol. The van der Waals surface area contributed by atoms with E-state index in [2.05, 4.69) is 10.6 Å². The van der Waals surface area contributed by atoms with E-state index in [1.54, 1.807) is 24.3 Å². The highest BCUT2D eigenvalue weighted by atomic mass is 19.2. The van der Waals surface area contributed by atoms with Crippen molar-refractivity contribution in [3.8, 4) is 0 Å². The van der Waals surface area contributed by atoms with Crippen LogP contribution in [-0.2, 0) is 0 Å². The topological polar surface area (TPSA) is 61.4 Å². The maximum atomic E-state index is 13.0. The summed E-state index contributed by atoms with van der Waals surface area (Å²) in [4.78, 5) is 11.6. The number of urea groups is 1. The highest BCUT2D eigenvalue weighted by Crippen LogP contribution is 2.15. The van der Waals surface area contributed by atoms with E-state index in [0.717, 1.165) is 12.1 Å². The SMILES string of the molecule is O=C(NCC(O)c1ccc(F)c(F)c1)Nc1ccccc1. The molecule has 2 aromatic rings. The van der Waals surface area contributed by atoms with Gasteiger partial charge in [0.05, 0.1) is 6.10 Å². The van der Waals surface area contributed by atoms with Crippen molar-refractivity contribution in [2.75, 3.05) is 11.9 Å². The Bertz CT molecular complexity index is 620. The normalized spacial score (nSPS) is 11.8. The van der Waals surface area contributed by atoms with Gasteiger partial charge in [-0.3, -0.25) is 0 Å². The van der Waals surface area contributed by atoms with Gasteiger partial charge in [0.15, 0.2) is 11.6 Å². The van der Waals surface area contributed by atoms with Crippen molar-refractivity contribution in [1.29, 1.82) is 0 Å². The Morgan fingerprint density at radius 3 is 2.48 bits per heavy atom. The maximum Gasteiger partial charge on any atom is 0.319 e. The second-order valence-electron chi connectivity index (χ2n) is 4.39. The van der Waals surface area contributed by atoms with Gasteiger partial charge in [-0.2, -0.15) is 0 Å². The number of rotatable bonds is 4. The fraction of sp³-hybridized carbons (Fsp3) is 0.133. The number of amides is 2. The van der Waals surface area contributed by atoms with Crippen molar-refractivity contribution in [1.82, 2.24) is 5.32 Å². The molecule has 0 fully saturated rings. The first-order valence-corrected chi connectivity index (χ1v) is 6.29. The molecule has 0 radical (unpaired) electrons. The van der Waals surface area contributed by atoms with Crippen LogP contribution in [0.4, 0.5) is 19.3 Å². The Morgan fingerprint density at radius 1 is 1.10 bits per heavy atom. The van der Waals surface area contributed by atoms with E-state index in [9.17, 15) is 18.7 Å². The summed E-state index contributed by atoms with van der Waals surface area (Å²) >= 11 is 0. The predicted octanol–water partition coefficient (Wildman–Crippen LogP) is 2.82. The maximum absolute atomic E-state index is 13.0. The van der Waals surface area contributed by atoms with Gasteiger partial charge >= 0.3 is 6.03 Å². The summed E-state index contributed by atoms with van der Waals surface area (Å²) in [5.74, 6) is -2.03. The predicted molar refractivity (Wildman–Crippen MR) is 74.8 cm³/mol. The van der Waals surface area contributed by atoms with Crippen molar-refractivity contribution < 1.29 is 18.7 Å². The first-order valence-electron chi connectivity index (χ1n) is 6.29. The smallest absolute Gasteiger partial charge is 0.319 e. The number of benzene rings is 2. The molecule has 0 spiro atoms. The summed E-state index contributed by atoms with van der Waals surface area (Å²) in [5, 5.41) is 14.8. The van der Waals surface area contributed by atoms with Crippen LogP contribution in [0.5, 0.6) is 0 Å². The van der Waals surface area contributed by atoms with Crippen LogP contribution in [0.15, 0.2) is 48.5 Å². The quantitative estimate of drug-likeness (QED) is 0.811. The summed E-state index contributed by atoms with van der Waals surface area (Å²) in [6, 6.07) is 11.4. The molecule has 4 nitrogen and oxygen atoms in total. The zero-order valence-corrected chi connectivity index (χ0v) is 11.0. The van der Waals surface area contributed by atoms with Crippen LogP contribution < -0.4 is 10.6 Å². The number of carbonyl (C=O) groups is 1. The highest BCUT2D eigenvalue weighted by molar-refractivity contribution is 5.89. The van der Waals surface area contributed by atoms with E-state index >= 15 is 0 Å². The minimum atomic E-state index is -1.12. The zero-order chi connectivity index (χ0) is 15.2. The fourth-order valence-corrected chi connectivity index (χ4v) is 1.72. The molecule has 0 aromatic heterocycles. The third-order valence-electron chi connectivity index (χ3n) is 2.82. The van der Waals surface area contributed by atoms with Crippen LogP contribution in [-0.4, -0.2) is 17.7 Å². The van der Waals surface area contributed by atoms with E-state index in [1.165, 1.54) is 6.07 Å². The van der Waals surface area contributed by atoms with Crippen LogP contribution in [0.3, 0.4) is 0 Å². The van der Waals surface area contributed by atoms with E-state index in [1.807, 2.05) is 6.07 Å². The van der Waals surface area contributed by atoms with Crippen molar-refractivity contribution in [3.05, 3.63) is 65.7 Å². The number of hydrogen-bond donors (Lipinski definition) is 3. The monoisotopic (exact) mass is 292 g/mol. The Morgan fingerprint density at radius 2 is 1.81 bits per heavy atom. The second kappa shape index (κ2) is 6.81. The molecular formula is C15H14F2N2O2. The van der Waals surface area contributed by atoms with Gasteiger partial charge in [-0.05, 0) is 29.8 Å². The molecule has 1 atom stereocenters. The zero-order valence-electron chi connectivity index (χ0n) is 11.0. The van der Waals surface area contributed by atoms with Gasteiger partial charge < -0.3 is 15.7 Å². The lowest BCUT2D eigenvalue weighted by Crippen LogP contribution is -2.32. The molecule has 1 unspecified atom stereocenters.